The molecule has 0 spiro atoms. The van der Waals surface area contributed by atoms with Crippen LogP contribution in [0, 0.1) is 6.92 Å². The molecule has 2 heterocycles. The molecular weight excluding hydrogens is 368 g/mol. The molecule has 9 nitrogen and oxygen atoms in total. The van der Waals surface area contributed by atoms with Crippen LogP contribution in [0.3, 0.4) is 0 Å². The van der Waals surface area contributed by atoms with Gasteiger partial charge in [-0.2, -0.15) is 9.78 Å². The quantitative estimate of drug-likeness (QED) is 0.562. The highest BCUT2D eigenvalue weighted by molar-refractivity contribution is 6.31. The summed E-state index contributed by atoms with van der Waals surface area (Å²) < 4.78 is 1.40. The smallest absolute Gasteiger partial charge is 0.257 e. The van der Waals surface area contributed by atoms with Gasteiger partial charge in [0.25, 0.3) is 5.91 Å². The summed E-state index contributed by atoms with van der Waals surface area (Å²) in [5.41, 5.74) is 2.34. The van der Waals surface area contributed by atoms with Crippen LogP contribution in [0.1, 0.15) is 16.2 Å². The van der Waals surface area contributed by atoms with E-state index in [1.54, 1.807) is 30.3 Å². The van der Waals surface area contributed by atoms with Crippen molar-refractivity contribution in [3.63, 3.8) is 0 Å². The molecule has 4 aromatic rings. The van der Waals surface area contributed by atoms with Gasteiger partial charge in [0.1, 0.15) is 12.2 Å². The Morgan fingerprint density at radius 2 is 2.00 bits per heavy atom. The van der Waals surface area contributed by atoms with Gasteiger partial charge in [-0.1, -0.05) is 11.6 Å². The van der Waals surface area contributed by atoms with Gasteiger partial charge in [0, 0.05) is 16.3 Å². The van der Waals surface area contributed by atoms with Crippen LogP contribution < -0.4 is 5.32 Å². The zero-order chi connectivity index (χ0) is 18.8. The normalized spacial score (nSPS) is 10.7. The standard InChI is InChI=1S/C17H13ClN8O/c1-10-20-16(23-22-10)11-2-5-13(6-3-11)21-17(27)14-8-12(18)4-7-15(14)26-9-19-24-25-26/h2-9H,1H3,(H,21,27)(H,20,22,23). The molecule has 0 radical (unpaired) electrons. The number of halogens is 1. The van der Waals surface area contributed by atoms with E-state index in [1.165, 1.54) is 11.0 Å². The van der Waals surface area contributed by atoms with Gasteiger partial charge in [-0.15, -0.1) is 5.10 Å². The second kappa shape index (κ2) is 6.96. The molecule has 0 saturated heterocycles. The zero-order valence-corrected chi connectivity index (χ0v) is 14.8. The van der Waals surface area contributed by atoms with Gasteiger partial charge < -0.3 is 5.32 Å². The Kier molecular flexibility index (Phi) is 4.35. The molecule has 0 atom stereocenters. The number of hydrogen-bond donors (Lipinski definition) is 2. The lowest BCUT2D eigenvalue weighted by Crippen LogP contribution is -2.15. The lowest BCUT2D eigenvalue weighted by atomic mass is 10.1. The average molecular weight is 381 g/mol. The van der Waals surface area contributed by atoms with Gasteiger partial charge >= 0.3 is 0 Å². The molecule has 0 aliphatic heterocycles. The monoisotopic (exact) mass is 380 g/mol. The number of benzene rings is 2. The lowest BCUT2D eigenvalue weighted by Gasteiger charge is -2.10. The number of carbonyl (C=O) groups is 1. The topological polar surface area (TPSA) is 114 Å². The highest BCUT2D eigenvalue weighted by Crippen LogP contribution is 2.22. The van der Waals surface area contributed by atoms with Crippen LogP contribution in [-0.2, 0) is 0 Å². The summed E-state index contributed by atoms with van der Waals surface area (Å²) in [5.74, 6) is 1.00. The first-order valence-electron chi connectivity index (χ1n) is 7.94. The number of rotatable bonds is 4. The molecule has 0 saturated carbocycles. The zero-order valence-electron chi connectivity index (χ0n) is 14.1. The van der Waals surface area contributed by atoms with Crippen molar-refractivity contribution in [2.24, 2.45) is 0 Å². The molecule has 0 fully saturated rings. The maximum absolute atomic E-state index is 12.8. The summed E-state index contributed by atoms with van der Waals surface area (Å²) in [6, 6.07) is 12.1. The van der Waals surface area contributed by atoms with Crippen LogP contribution in [0.15, 0.2) is 48.8 Å². The molecule has 134 valence electrons. The Morgan fingerprint density at radius 1 is 1.19 bits per heavy atom. The first-order valence-corrected chi connectivity index (χ1v) is 8.31. The van der Waals surface area contributed by atoms with Gasteiger partial charge in [-0.3, -0.25) is 9.89 Å². The molecule has 1 amide bonds. The first-order chi connectivity index (χ1) is 13.1. The van der Waals surface area contributed by atoms with Crippen LogP contribution in [0.2, 0.25) is 5.02 Å². The van der Waals surface area contributed by atoms with E-state index in [-0.39, 0.29) is 5.91 Å². The number of aryl methyl sites for hydroxylation is 1. The van der Waals surface area contributed by atoms with Gasteiger partial charge in [-0.25, -0.2) is 4.98 Å². The fraction of sp³-hybridized carbons (Fsp3) is 0.0588. The number of aromatic nitrogens is 7. The fourth-order valence-electron chi connectivity index (χ4n) is 2.53. The molecule has 2 N–H and O–H groups in total. The number of tetrazole rings is 1. The second-order valence-electron chi connectivity index (χ2n) is 5.69. The highest BCUT2D eigenvalue weighted by Gasteiger charge is 2.15. The van der Waals surface area contributed by atoms with E-state index < -0.39 is 0 Å². The van der Waals surface area contributed by atoms with Crippen LogP contribution >= 0.6 is 11.6 Å². The van der Waals surface area contributed by atoms with Crippen molar-refractivity contribution >= 4 is 23.2 Å². The van der Waals surface area contributed by atoms with Gasteiger partial charge in [0.15, 0.2) is 5.82 Å². The van der Waals surface area contributed by atoms with E-state index in [0.717, 1.165) is 11.4 Å². The fourth-order valence-corrected chi connectivity index (χ4v) is 2.71. The van der Waals surface area contributed by atoms with E-state index in [2.05, 4.69) is 36.0 Å². The predicted octanol–water partition coefficient (Wildman–Crippen LogP) is 2.66. The van der Waals surface area contributed by atoms with Crippen LogP contribution in [0.4, 0.5) is 5.69 Å². The molecule has 4 rings (SSSR count). The number of amides is 1. The maximum Gasteiger partial charge on any atom is 0.257 e. The SMILES string of the molecule is Cc1nc(-c2ccc(NC(=O)c3cc(Cl)ccc3-n3cnnn3)cc2)n[nH]1. The second-order valence-corrected chi connectivity index (χ2v) is 6.13. The number of carbonyl (C=O) groups excluding carboxylic acids is 1. The van der Waals surface area contributed by atoms with Crippen LogP contribution in [-0.4, -0.2) is 41.3 Å². The Labute approximate surface area is 158 Å². The van der Waals surface area contributed by atoms with Gasteiger partial charge in [0.2, 0.25) is 0 Å². The van der Waals surface area contributed by atoms with Crippen molar-refractivity contribution < 1.29 is 4.79 Å². The Morgan fingerprint density at radius 3 is 2.67 bits per heavy atom. The molecule has 0 aliphatic carbocycles. The molecule has 2 aromatic carbocycles. The molecule has 0 unspecified atom stereocenters. The third-order valence-corrected chi connectivity index (χ3v) is 4.03. The van der Waals surface area contributed by atoms with Crippen molar-refractivity contribution in [3.05, 3.63) is 65.2 Å². The van der Waals surface area contributed by atoms with Crippen molar-refractivity contribution in [1.29, 1.82) is 0 Å². The molecule has 10 heteroatoms. The molecule has 0 aliphatic rings. The van der Waals surface area contributed by atoms with E-state index in [0.29, 0.717) is 27.8 Å². The largest absolute Gasteiger partial charge is 0.322 e. The van der Waals surface area contributed by atoms with Gasteiger partial charge in [-0.05, 0) is 59.8 Å². The summed E-state index contributed by atoms with van der Waals surface area (Å²) >= 11 is 6.06. The minimum absolute atomic E-state index is 0.329. The number of H-pyrrole nitrogens is 1. The Bertz CT molecular complexity index is 1090. The molecule has 27 heavy (non-hydrogen) atoms. The maximum atomic E-state index is 12.8. The van der Waals surface area contributed by atoms with Gasteiger partial charge in [0.05, 0.1) is 11.3 Å². The first kappa shape index (κ1) is 16.9. The highest BCUT2D eigenvalue weighted by atomic mass is 35.5. The number of aromatic amines is 1. The average Bonchev–Trinajstić information content (AvgIpc) is 3.34. The Hall–Kier alpha value is -3.59. The molecule has 0 bridgehead atoms. The number of nitrogens with zero attached hydrogens (tertiary/aromatic N) is 6. The minimum atomic E-state index is -0.329. The van der Waals surface area contributed by atoms with E-state index in [4.69, 9.17) is 11.6 Å². The summed E-state index contributed by atoms with van der Waals surface area (Å²) in [6.45, 7) is 1.83. The number of nitrogens with one attached hydrogen (secondary N) is 2. The number of anilines is 1. The molecular formula is C17H13ClN8O. The Balaban J connectivity index is 1.58. The predicted molar refractivity (Wildman–Crippen MR) is 98.7 cm³/mol. The minimum Gasteiger partial charge on any atom is -0.322 e. The van der Waals surface area contributed by atoms with Crippen LogP contribution in [0.25, 0.3) is 17.1 Å². The van der Waals surface area contributed by atoms with E-state index in [1.807, 2.05) is 19.1 Å². The van der Waals surface area contributed by atoms with Crippen molar-refractivity contribution in [2.75, 3.05) is 5.32 Å². The third kappa shape index (κ3) is 3.53. The van der Waals surface area contributed by atoms with E-state index in [9.17, 15) is 4.79 Å². The van der Waals surface area contributed by atoms with E-state index >= 15 is 0 Å². The van der Waals surface area contributed by atoms with Crippen molar-refractivity contribution in [3.8, 4) is 17.1 Å². The summed E-state index contributed by atoms with van der Waals surface area (Å²) in [6.07, 6.45) is 1.41. The molecule has 2 aromatic heterocycles. The lowest BCUT2D eigenvalue weighted by molar-refractivity contribution is 0.102. The number of hydrogen-bond acceptors (Lipinski definition) is 6. The third-order valence-electron chi connectivity index (χ3n) is 3.80. The summed E-state index contributed by atoms with van der Waals surface area (Å²) in [5, 5.41) is 21.2. The van der Waals surface area contributed by atoms with Crippen molar-refractivity contribution in [2.45, 2.75) is 6.92 Å². The summed E-state index contributed by atoms with van der Waals surface area (Å²) in [7, 11) is 0. The van der Waals surface area contributed by atoms with Crippen LogP contribution in [0.5, 0.6) is 0 Å². The summed E-state index contributed by atoms with van der Waals surface area (Å²) in [4.78, 5) is 17.0. The van der Waals surface area contributed by atoms with Crippen molar-refractivity contribution in [1.82, 2.24) is 35.4 Å².